The number of benzene rings is 2. The summed E-state index contributed by atoms with van der Waals surface area (Å²) in [4.78, 5) is 14.3. The van der Waals surface area contributed by atoms with Crippen molar-refractivity contribution in [1.29, 1.82) is 0 Å². The van der Waals surface area contributed by atoms with Crippen LogP contribution >= 0.6 is 0 Å². The number of hydrogen-bond donors (Lipinski definition) is 1. The molecule has 0 bridgehead atoms. The van der Waals surface area contributed by atoms with E-state index in [0.29, 0.717) is 18.5 Å². The molecule has 22 heavy (non-hydrogen) atoms. The van der Waals surface area contributed by atoms with Gasteiger partial charge in [-0.2, -0.15) is 0 Å². The molecule has 2 aromatic carbocycles. The fourth-order valence-electron chi connectivity index (χ4n) is 2.93. The maximum atomic E-state index is 13.2. The Morgan fingerprint density at radius 1 is 1.27 bits per heavy atom. The van der Waals surface area contributed by atoms with E-state index in [1.807, 2.05) is 24.3 Å². The molecule has 1 amide bonds. The fourth-order valence-corrected chi connectivity index (χ4v) is 2.93. The second-order valence-electron chi connectivity index (χ2n) is 5.89. The van der Waals surface area contributed by atoms with Crippen molar-refractivity contribution in [3.05, 3.63) is 65.5 Å². The van der Waals surface area contributed by atoms with E-state index in [1.165, 1.54) is 12.1 Å². The Morgan fingerprint density at radius 2 is 2.05 bits per heavy atom. The molecule has 3 rings (SSSR count). The summed E-state index contributed by atoms with van der Waals surface area (Å²) in [6.45, 7) is 2.22. The van der Waals surface area contributed by atoms with Gasteiger partial charge in [0.2, 0.25) is 5.91 Å². The summed E-state index contributed by atoms with van der Waals surface area (Å²) in [5.41, 5.74) is 1.22. The van der Waals surface area contributed by atoms with Gasteiger partial charge in [-0.25, -0.2) is 4.39 Å². The van der Waals surface area contributed by atoms with E-state index in [-0.39, 0.29) is 18.1 Å². The summed E-state index contributed by atoms with van der Waals surface area (Å²) in [5, 5.41) is 10.5. The fraction of sp³-hybridized carbons (Fsp3) is 0.278. The monoisotopic (exact) mass is 299 g/mol. The molecule has 1 atom stereocenters. The Bertz CT molecular complexity index is 712. The first kappa shape index (κ1) is 14.7. The average Bonchev–Trinajstić information content (AvgIpc) is 2.47. The number of anilines is 1. The first-order valence-corrected chi connectivity index (χ1v) is 7.34. The molecule has 0 aromatic heterocycles. The van der Waals surface area contributed by atoms with Gasteiger partial charge in [0.15, 0.2) is 0 Å². The van der Waals surface area contributed by atoms with Crippen molar-refractivity contribution in [2.75, 3.05) is 11.4 Å². The highest BCUT2D eigenvalue weighted by Crippen LogP contribution is 2.38. The molecule has 0 aliphatic carbocycles. The van der Waals surface area contributed by atoms with E-state index in [4.69, 9.17) is 0 Å². The molecule has 1 unspecified atom stereocenters. The standard InChI is InChI=1S/C18H18FNO2/c1-18(22)9-10-20(16-8-3-2-7-15(16)18)17(21)12-13-5-4-6-14(19)11-13/h2-8,11,22H,9-10,12H2,1H3. The normalized spacial score (nSPS) is 20.6. The van der Waals surface area contributed by atoms with Crippen LogP contribution in [-0.4, -0.2) is 17.6 Å². The van der Waals surface area contributed by atoms with Gasteiger partial charge < -0.3 is 10.0 Å². The number of halogens is 1. The van der Waals surface area contributed by atoms with E-state index in [9.17, 15) is 14.3 Å². The van der Waals surface area contributed by atoms with Crippen molar-refractivity contribution in [2.24, 2.45) is 0 Å². The van der Waals surface area contributed by atoms with Crippen molar-refractivity contribution in [3.63, 3.8) is 0 Å². The predicted octanol–water partition coefficient (Wildman–Crippen LogP) is 3.01. The van der Waals surface area contributed by atoms with Gasteiger partial charge in [0.1, 0.15) is 5.82 Å². The molecular formula is C18H18FNO2. The van der Waals surface area contributed by atoms with Crippen molar-refractivity contribution < 1.29 is 14.3 Å². The van der Waals surface area contributed by atoms with E-state index < -0.39 is 5.60 Å². The zero-order valence-corrected chi connectivity index (χ0v) is 12.4. The van der Waals surface area contributed by atoms with Crippen LogP contribution in [-0.2, 0) is 16.8 Å². The molecule has 4 heteroatoms. The van der Waals surface area contributed by atoms with Crippen molar-refractivity contribution in [2.45, 2.75) is 25.4 Å². The number of para-hydroxylation sites is 1. The number of carbonyl (C=O) groups excluding carboxylic acids is 1. The number of amides is 1. The van der Waals surface area contributed by atoms with E-state index in [1.54, 1.807) is 24.0 Å². The lowest BCUT2D eigenvalue weighted by Gasteiger charge is -2.38. The van der Waals surface area contributed by atoms with Crippen molar-refractivity contribution in [3.8, 4) is 0 Å². The molecule has 1 heterocycles. The van der Waals surface area contributed by atoms with Gasteiger partial charge in [0.05, 0.1) is 12.0 Å². The summed E-state index contributed by atoms with van der Waals surface area (Å²) in [6.07, 6.45) is 0.632. The van der Waals surface area contributed by atoms with Gasteiger partial charge in [-0.3, -0.25) is 4.79 Å². The third kappa shape index (κ3) is 2.74. The molecule has 1 aliphatic rings. The lowest BCUT2D eigenvalue weighted by molar-refractivity contribution is -0.118. The maximum absolute atomic E-state index is 13.2. The lowest BCUT2D eigenvalue weighted by Crippen LogP contribution is -2.42. The van der Waals surface area contributed by atoms with Crippen LogP contribution in [0.4, 0.5) is 10.1 Å². The molecule has 0 saturated carbocycles. The van der Waals surface area contributed by atoms with Crippen molar-refractivity contribution in [1.82, 2.24) is 0 Å². The molecule has 3 nitrogen and oxygen atoms in total. The third-order valence-electron chi connectivity index (χ3n) is 4.14. The summed E-state index contributed by atoms with van der Waals surface area (Å²) in [6, 6.07) is 13.5. The number of hydrogen-bond acceptors (Lipinski definition) is 2. The first-order valence-electron chi connectivity index (χ1n) is 7.34. The summed E-state index contributed by atoms with van der Waals surface area (Å²) in [7, 11) is 0. The smallest absolute Gasteiger partial charge is 0.231 e. The first-order chi connectivity index (χ1) is 10.5. The number of fused-ring (bicyclic) bond motifs is 1. The average molecular weight is 299 g/mol. The van der Waals surface area contributed by atoms with Gasteiger partial charge in [-0.05, 0) is 37.1 Å². The Hall–Kier alpha value is -2.20. The molecule has 1 aliphatic heterocycles. The zero-order chi connectivity index (χ0) is 15.7. The minimum Gasteiger partial charge on any atom is -0.385 e. The third-order valence-corrected chi connectivity index (χ3v) is 4.14. The second-order valence-corrected chi connectivity index (χ2v) is 5.89. The number of carbonyl (C=O) groups is 1. The minimum absolute atomic E-state index is 0.0893. The van der Waals surface area contributed by atoms with Gasteiger partial charge in [0, 0.05) is 17.8 Å². The SMILES string of the molecule is CC1(O)CCN(C(=O)Cc2cccc(F)c2)c2ccccc21. The highest BCUT2D eigenvalue weighted by Gasteiger charge is 2.34. The van der Waals surface area contributed by atoms with Gasteiger partial charge >= 0.3 is 0 Å². The van der Waals surface area contributed by atoms with E-state index in [2.05, 4.69) is 0 Å². The van der Waals surface area contributed by atoms with E-state index in [0.717, 1.165) is 11.3 Å². The largest absolute Gasteiger partial charge is 0.385 e. The van der Waals surface area contributed by atoms with Crippen LogP contribution in [0.3, 0.4) is 0 Å². The van der Waals surface area contributed by atoms with Crippen LogP contribution in [0.15, 0.2) is 48.5 Å². The topological polar surface area (TPSA) is 40.5 Å². The summed E-state index contributed by atoms with van der Waals surface area (Å²) < 4.78 is 13.2. The van der Waals surface area contributed by atoms with Gasteiger partial charge in [0.25, 0.3) is 0 Å². The van der Waals surface area contributed by atoms with E-state index >= 15 is 0 Å². The second kappa shape index (κ2) is 5.54. The molecule has 1 N–H and O–H groups in total. The number of aliphatic hydroxyl groups is 1. The van der Waals surface area contributed by atoms with Crippen LogP contribution in [0.1, 0.15) is 24.5 Å². The maximum Gasteiger partial charge on any atom is 0.231 e. The molecular weight excluding hydrogens is 281 g/mol. The Labute approximate surface area is 129 Å². The highest BCUT2D eigenvalue weighted by atomic mass is 19.1. The summed E-state index contributed by atoms with van der Waals surface area (Å²) >= 11 is 0. The Balaban J connectivity index is 1.88. The molecule has 2 aromatic rings. The Kier molecular flexibility index (Phi) is 3.71. The summed E-state index contributed by atoms with van der Waals surface area (Å²) in [5.74, 6) is -0.430. The van der Waals surface area contributed by atoms with Crippen LogP contribution in [0.25, 0.3) is 0 Å². The van der Waals surface area contributed by atoms with Crippen LogP contribution in [0, 0.1) is 5.82 Å². The lowest BCUT2D eigenvalue weighted by atomic mass is 9.87. The molecule has 0 radical (unpaired) electrons. The minimum atomic E-state index is -0.924. The van der Waals surface area contributed by atoms with Crippen molar-refractivity contribution >= 4 is 11.6 Å². The highest BCUT2D eigenvalue weighted by molar-refractivity contribution is 5.96. The van der Waals surface area contributed by atoms with Gasteiger partial charge in [-0.15, -0.1) is 0 Å². The quantitative estimate of drug-likeness (QED) is 0.926. The zero-order valence-electron chi connectivity index (χ0n) is 12.4. The van der Waals surface area contributed by atoms with Gasteiger partial charge in [-0.1, -0.05) is 30.3 Å². The predicted molar refractivity (Wildman–Crippen MR) is 83.1 cm³/mol. The molecule has 0 spiro atoms. The molecule has 0 saturated heterocycles. The van der Waals surface area contributed by atoms with Crippen LogP contribution in [0.2, 0.25) is 0 Å². The van der Waals surface area contributed by atoms with Crippen LogP contribution in [0.5, 0.6) is 0 Å². The Morgan fingerprint density at radius 3 is 2.82 bits per heavy atom. The van der Waals surface area contributed by atoms with Crippen LogP contribution < -0.4 is 4.90 Å². The molecule has 0 fully saturated rings. The molecule has 114 valence electrons. The number of rotatable bonds is 2. The number of nitrogens with zero attached hydrogens (tertiary/aromatic N) is 1.